The number of H-pyrrole nitrogens is 1. The van der Waals surface area contributed by atoms with Gasteiger partial charge in [0.2, 0.25) is 0 Å². The summed E-state index contributed by atoms with van der Waals surface area (Å²) in [5, 5.41) is 23.0. The van der Waals surface area contributed by atoms with E-state index in [1.807, 2.05) is 12.1 Å². The molecule has 1 fully saturated rings. The molecule has 1 aliphatic carbocycles. The standard InChI is InChI=1S/C30H22N6O3/c31-18-30(11-12-30)21-6-1-4-19(14-21)28(37)33-22-7-2-8-23(15-22)39-24-9-10-25-26(16-24)35-36-27(25)34-29(38)20-5-3-13-32-17-20/h1-10,13-17H,11-12H2,(H,33,37)(H2,34,35,36,38). The minimum absolute atomic E-state index is 0.262. The Balaban J connectivity index is 1.14. The summed E-state index contributed by atoms with van der Waals surface area (Å²) in [5.41, 5.74) is 2.62. The third-order valence-corrected chi connectivity index (χ3v) is 6.66. The molecule has 9 nitrogen and oxygen atoms in total. The van der Waals surface area contributed by atoms with Gasteiger partial charge in [0.25, 0.3) is 11.8 Å². The van der Waals surface area contributed by atoms with E-state index in [1.165, 1.54) is 6.20 Å². The molecular weight excluding hydrogens is 492 g/mol. The van der Waals surface area contributed by atoms with Crippen LogP contribution in [0.25, 0.3) is 10.9 Å². The number of anilines is 2. The summed E-state index contributed by atoms with van der Waals surface area (Å²) in [7, 11) is 0. The van der Waals surface area contributed by atoms with Crippen LogP contribution in [0.2, 0.25) is 0 Å². The van der Waals surface area contributed by atoms with Crippen molar-refractivity contribution in [3.8, 4) is 17.6 Å². The Hall–Kier alpha value is -5.49. The van der Waals surface area contributed by atoms with Crippen LogP contribution in [0.1, 0.15) is 39.1 Å². The number of aromatic amines is 1. The molecule has 9 heteroatoms. The first-order valence-electron chi connectivity index (χ1n) is 12.3. The topological polar surface area (TPSA) is 133 Å². The number of aromatic nitrogens is 3. The number of nitriles is 1. The average Bonchev–Trinajstić information content (AvgIpc) is 3.69. The fraction of sp³-hybridized carbons (Fsp3) is 0.100. The third-order valence-electron chi connectivity index (χ3n) is 6.66. The van der Waals surface area contributed by atoms with E-state index < -0.39 is 5.41 Å². The van der Waals surface area contributed by atoms with E-state index in [0.717, 1.165) is 23.8 Å². The van der Waals surface area contributed by atoms with E-state index in [-0.39, 0.29) is 11.8 Å². The Morgan fingerprint density at radius 1 is 0.897 bits per heavy atom. The number of rotatable bonds is 7. The first kappa shape index (κ1) is 23.9. The maximum Gasteiger partial charge on any atom is 0.258 e. The maximum atomic E-state index is 12.9. The molecule has 3 aromatic carbocycles. The first-order chi connectivity index (χ1) is 19.0. The summed E-state index contributed by atoms with van der Waals surface area (Å²) in [6, 6.07) is 25.4. The maximum absolute atomic E-state index is 12.9. The SMILES string of the molecule is N#CC1(c2cccc(C(=O)Nc3cccc(Oc4ccc5c(NC(=O)c6cccnc6)n[nH]c5c4)c3)c2)CC1. The van der Waals surface area contributed by atoms with Crippen LogP contribution in [0.15, 0.2) is 91.3 Å². The molecular formula is C30H22N6O3. The van der Waals surface area contributed by atoms with Crippen molar-refractivity contribution in [3.63, 3.8) is 0 Å². The fourth-order valence-electron chi connectivity index (χ4n) is 4.36. The minimum atomic E-state index is -0.453. The molecule has 0 aliphatic heterocycles. The first-order valence-corrected chi connectivity index (χ1v) is 12.3. The van der Waals surface area contributed by atoms with E-state index in [4.69, 9.17) is 4.74 Å². The molecule has 2 amide bonds. The van der Waals surface area contributed by atoms with Crippen molar-refractivity contribution in [1.82, 2.24) is 15.2 Å². The summed E-state index contributed by atoms with van der Waals surface area (Å²) in [5.74, 6) is 0.925. The van der Waals surface area contributed by atoms with Crippen molar-refractivity contribution in [2.24, 2.45) is 0 Å². The Bertz CT molecular complexity index is 1750. The van der Waals surface area contributed by atoms with Crippen molar-refractivity contribution >= 4 is 34.2 Å². The lowest BCUT2D eigenvalue weighted by atomic mass is 9.96. The number of ether oxygens (including phenoxy) is 1. The number of carbonyl (C=O) groups is 2. The zero-order chi connectivity index (χ0) is 26.8. The minimum Gasteiger partial charge on any atom is -0.457 e. The van der Waals surface area contributed by atoms with E-state index in [1.54, 1.807) is 72.9 Å². The van der Waals surface area contributed by atoms with Crippen LogP contribution >= 0.6 is 0 Å². The van der Waals surface area contributed by atoms with Crippen LogP contribution in [0.3, 0.4) is 0 Å². The molecule has 0 atom stereocenters. The molecule has 0 spiro atoms. The largest absolute Gasteiger partial charge is 0.457 e. The number of pyridine rings is 1. The molecule has 2 heterocycles. The molecule has 190 valence electrons. The molecule has 1 saturated carbocycles. The second-order valence-corrected chi connectivity index (χ2v) is 9.33. The average molecular weight is 515 g/mol. The van der Waals surface area contributed by atoms with Crippen LogP contribution in [0, 0.1) is 11.3 Å². The van der Waals surface area contributed by atoms with Gasteiger partial charge < -0.3 is 15.4 Å². The quantitative estimate of drug-likeness (QED) is 0.251. The molecule has 5 aromatic rings. The predicted octanol–water partition coefficient (Wildman–Crippen LogP) is 5.81. The number of hydrogen-bond donors (Lipinski definition) is 3. The molecule has 3 N–H and O–H groups in total. The summed E-state index contributed by atoms with van der Waals surface area (Å²) in [6.07, 6.45) is 4.73. The number of nitrogens with zero attached hydrogens (tertiary/aromatic N) is 3. The van der Waals surface area contributed by atoms with Gasteiger partial charge in [-0.15, -0.1) is 0 Å². The smallest absolute Gasteiger partial charge is 0.258 e. The van der Waals surface area contributed by atoms with E-state index in [0.29, 0.717) is 39.6 Å². The summed E-state index contributed by atoms with van der Waals surface area (Å²) in [6.45, 7) is 0. The van der Waals surface area contributed by atoms with Gasteiger partial charge in [-0.25, -0.2) is 0 Å². The fourth-order valence-corrected chi connectivity index (χ4v) is 4.36. The zero-order valence-electron chi connectivity index (χ0n) is 20.6. The molecule has 0 saturated heterocycles. The number of hydrogen-bond acceptors (Lipinski definition) is 6. The Morgan fingerprint density at radius 3 is 2.49 bits per heavy atom. The highest BCUT2D eigenvalue weighted by atomic mass is 16.5. The van der Waals surface area contributed by atoms with Gasteiger partial charge in [-0.2, -0.15) is 10.4 Å². The van der Waals surface area contributed by atoms with Crippen LogP contribution in [-0.2, 0) is 5.41 Å². The summed E-state index contributed by atoms with van der Waals surface area (Å²) >= 11 is 0. The zero-order valence-corrected chi connectivity index (χ0v) is 20.6. The Labute approximate surface area is 223 Å². The van der Waals surface area contributed by atoms with Crippen LogP contribution in [-0.4, -0.2) is 27.0 Å². The lowest BCUT2D eigenvalue weighted by Crippen LogP contribution is -2.13. The van der Waals surface area contributed by atoms with Crippen molar-refractivity contribution < 1.29 is 14.3 Å². The molecule has 6 rings (SSSR count). The van der Waals surface area contributed by atoms with Gasteiger partial charge in [-0.1, -0.05) is 18.2 Å². The van der Waals surface area contributed by atoms with Crippen molar-refractivity contribution in [2.45, 2.75) is 18.3 Å². The highest BCUT2D eigenvalue weighted by Crippen LogP contribution is 2.47. The second kappa shape index (κ2) is 9.76. The summed E-state index contributed by atoms with van der Waals surface area (Å²) in [4.78, 5) is 29.3. The van der Waals surface area contributed by atoms with Gasteiger partial charge in [0, 0.05) is 41.2 Å². The van der Waals surface area contributed by atoms with Crippen LogP contribution in [0.4, 0.5) is 11.5 Å². The number of nitrogens with one attached hydrogen (secondary N) is 3. The summed E-state index contributed by atoms with van der Waals surface area (Å²) < 4.78 is 6.03. The third kappa shape index (κ3) is 4.91. The Kier molecular flexibility index (Phi) is 5.98. The lowest BCUT2D eigenvalue weighted by Gasteiger charge is -2.11. The van der Waals surface area contributed by atoms with E-state index >= 15 is 0 Å². The van der Waals surface area contributed by atoms with Crippen molar-refractivity contribution in [2.75, 3.05) is 10.6 Å². The molecule has 0 unspecified atom stereocenters. The van der Waals surface area contributed by atoms with E-state index in [9.17, 15) is 14.9 Å². The monoisotopic (exact) mass is 514 g/mol. The normalized spacial score (nSPS) is 13.3. The molecule has 1 aliphatic rings. The number of amides is 2. The number of fused-ring (bicyclic) bond motifs is 1. The van der Waals surface area contributed by atoms with Gasteiger partial charge in [0.15, 0.2) is 5.82 Å². The van der Waals surface area contributed by atoms with Crippen LogP contribution < -0.4 is 15.4 Å². The highest BCUT2D eigenvalue weighted by molar-refractivity contribution is 6.07. The van der Waals surface area contributed by atoms with Crippen LogP contribution in [0.5, 0.6) is 11.5 Å². The molecule has 2 aromatic heterocycles. The van der Waals surface area contributed by atoms with Gasteiger partial charge in [0.05, 0.1) is 22.6 Å². The number of carbonyl (C=O) groups excluding carboxylic acids is 2. The van der Waals surface area contributed by atoms with Gasteiger partial charge >= 0.3 is 0 Å². The Morgan fingerprint density at radius 2 is 1.69 bits per heavy atom. The number of benzene rings is 3. The van der Waals surface area contributed by atoms with Crippen molar-refractivity contribution in [3.05, 3.63) is 108 Å². The molecule has 0 bridgehead atoms. The lowest BCUT2D eigenvalue weighted by molar-refractivity contribution is 0.101. The van der Waals surface area contributed by atoms with Gasteiger partial charge in [-0.05, 0) is 66.9 Å². The highest BCUT2D eigenvalue weighted by Gasteiger charge is 2.45. The predicted molar refractivity (Wildman–Crippen MR) is 146 cm³/mol. The van der Waals surface area contributed by atoms with Gasteiger partial charge in [0.1, 0.15) is 11.5 Å². The molecule has 39 heavy (non-hydrogen) atoms. The van der Waals surface area contributed by atoms with E-state index in [2.05, 4.69) is 31.9 Å². The molecule has 0 radical (unpaired) electrons. The van der Waals surface area contributed by atoms with Crippen molar-refractivity contribution in [1.29, 1.82) is 5.26 Å². The van der Waals surface area contributed by atoms with Gasteiger partial charge in [-0.3, -0.25) is 19.7 Å². The second-order valence-electron chi connectivity index (χ2n) is 9.33.